The van der Waals surface area contributed by atoms with Gasteiger partial charge in [-0.25, -0.2) is 4.98 Å². The zero-order valence-corrected chi connectivity index (χ0v) is 17.7. The van der Waals surface area contributed by atoms with Crippen molar-refractivity contribution in [2.75, 3.05) is 20.2 Å². The Morgan fingerprint density at radius 2 is 2.16 bits per heavy atom. The smallest absolute Gasteiger partial charge is 0.191 e. The molecule has 1 heterocycles. The van der Waals surface area contributed by atoms with Crippen LogP contribution in [-0.2, 0) is 13.6 Å². The largest absolute Gasteiger partial charge is 0.493 e. The number of aliphatic imine (C=N–C) groups is 1. The highest BCUT2D eigenvalue weighted by Gasteiger charge is 2.03. The van der Waals surface area contributed by atoms with E-state index in [1.807, 2.05) is 32.2 Å². The topological polar surface area (TPSA) is 76.4 Å². The molecule has 9 heteroatoms. The SMILES string of the molecule is CN=C(NCCCOc1ccc(Cl)cc1C)NCc1ncnn1C.I. The highest BCUT2D eigenvalue weighted by Crippen LogP contribution is 2.21. The van der Waals surface area contributed by atoms with Crippen molar-refractivity contribution in [1.29, 1.82) is 0 Å². The molecule has 2 N–H and O–H groups in total. The van der Waals surface area contributed by atoms with Gasteiger partial charge in [-0.1, -0.05) is 11.6 Å². The highest BCUT2D eigenvalue weighted by molar-refractivity contribution is 14.0. The summed E-state index contributed by atoms with van der Waals surface area (Å²) in [7, 11) is 3.59. The van der Waals surface area contributed by atoms with E-state index >= 15 is 0 Å². The number of benzene rings is 1. The van der Waals surface area contributed by atoms with E-state index < -0.39 is 0 Å². The van der Waals surface area contributed by atoms with Crippen molar-refractivity contribution in [3.63, 3.8) is 0 Å². The second-order valence-electron chi connectivity index (χ2n) is 5.26. The van der Waals surface area contributed by atoms with E-state index in [4.69, 9.17) is 16.3 Å². The minimum Gasteiger partial charge on any atom is -0.493 e. The molecule has 0 radical (unpaired) electrons. The zero-order valence-electron chi connectivity index (χ0n) is 14.6. The van der Waals surface area contributed by atoms with E-state index in [0.29, 0.717) is 13.2 Å². The molecule has 0 atom stereocenters. The summed E-state index contributed by atoms with van der Waals surface area (Å²) in [4.78, 5) is 8.34. The first kappa shape index (κ1) is 21.5. The van der Waals surface area contributed by atoms with Crippen molar-refractivity contribution in [2.24, 2.45) is 12.0 Å². The quantitative estimate of drug-likeness (QED) is 0.277. The van der Waals surface area contributed by atoms with E-state index in [0.717, 1.165) is 41.1 Å². The third-order valence-electron chi connectivity index (χ3n) is 3.45. The average Bonchev–Trinajstić information content (AvgIpc) is 2.97. The molecule has 7 nitrogen and oxygen atoms in total. The summed E-state index contributed by atoms with van der Waals surface area (Å²) in [6.07, 6.45) is 2.38. The fourth-order valence-electron chi connectivity index (χ4n) is 2.10. The van der Waals surface area contributed by atoms with E-state index in [2.05, 4.69) is 25.7 Å². The molecule has 0 fully saturated rings. The van der Waals surface area contributed by atoms with Gasteiger partial charge in [0.05, 0.1) is 13.2 Å². The molecule has 0 bridgehead atoms. The number of aryl methyl sites for hydroxylation is 2. The predicted octanol–water partition coefficient (Wildman–Crippen LogP) is 2.53. The summed E-state index contributed by atoms with van der Waals surface area (Å²) in [5.74, 6) is 2.43. The van der Waals surface area contributed by atoms with Crippen LogP contribution in [0.4, 0.5) is 0 Å². The molecule has 1 aromatic heterocycles. The maximum absolute atomic E-state index is 5.93. The molecule has 0 aliphatic heterocycles. The number of halogens is 2. The van der Waals surface area contributed by atoms with Crippen molar-refractivity contribution in [2.45, 2.75) is 19.9 Å². The van der Waals surface area contributed by atoms with Crippen LogP contribution in [0.3, 0.4) is 0 Å². The molecule has 25 heavy (non-hydrogen) atoms. The number of hydrogen-bond donors (Lipinski definition) is 2. The molecule has 0 aliphatic carbocycles. The molecule has 2 rings (SSSR count). The molecule has 138 valence electrons. The minimum absolute atomic E-state index is 0. The predicted molar refractivity (Wildman–Crippen MR) is 111 cm³/mol. The Morgan fingerprint density at radius 3 is 2.80 bits per heavy atom. The maximum Gasteiger partial charge on any atom is 0.191 e. The summed E-state index contributed by atoms with van der Waals surface area (Å²) in [5.41, 5.74) is 1.04. The highest BCUT2D eigenvalue weighted by atomic mass is 127. The van der Waals surface area contributed by atoms with Crippen LogP contribution in [-0.4, -0.2) is 40.9 Å². The molecule has 2 aromatic rings. The van der Waals surface area contributed by atoms with Crippen molar-refractivity contribution in [3.8, 4) is 5.75 Å². The molecule has 0 saturated carbocycles. The second kappa shape index (κ2) is 11.1. The Labute approximate surface area is 170 Å². The Bertz CT molecular complexity index is 691. The molecule has 0 saturated heterocycles. The van der Waals surface area contributed by atoms with Gasteiger partial charge >= 0.3 is 0 Å². The fourth-order valence-corrected chi connectivity index (χ4v) is 2.33. The van der Waals surface area contributed by atoms with Gasteiger partial charge in [-0.2, -0.15) is 5.10 Å². The lowest BCUT2D eigenvalue weighted by Gasteiger charge is -2.12. The van der Waals surface area contributed by atoms with Gasteiger partial charge < -0.3 is 15.4 Å². The van der Waals surface area contributed by atoms with Gasteiger partial charge in [0.25, 0.3) is 0 Å². The van der Waals surface area contributed by atoms with Gasteiger partial charge in [0.2, 0.25) is 0 Å². The lowest BCUT2D eigenvalue weighted by atomic mass is 10.2. The van der Waals surface area contributed by atoms with Crippen LogP contribution in [0.2, 0.25) is 5.02 Å². The summed E-state index contributed by atoms with van der Waals surface area (Å²) in [6.45, 7) is 3.93. The molecule has 1 aromatic carbocycles. The molecule has 0 amide bonds. The third-order valence-corrected chi connectivity index (χ3v) is 3.69. The number of nitrogens with zero attached hydrogens (tertiary/aromatic N) is 4. The van der Waals surface area contributed by atoms with E-state index in [-0.39, 0.29) is 24.0 Å². The molecule has 0 spiro atoms. The number of hydrogen-bond acceptors (Lipinski definition) is 4. The summed E-state index contributed by atoms with van der Waals surface area (Å²) in [6, 6.07) is 5.63. The summed E-state index contributed by atoms with van der Waals surface area (Å²) >= 11 is 5.93. The van der Waals surface area contributed by atoms with Gasteiger partial charge in [0, 0.05) is 25.7 Å². The zero-order chi connectivity index (χ0) is 17.4. The fraction of sp³-hybridized carbons (Fsp3) is 0.438. The van der Waals surface area contributed by atoms with Crippen LogP contribution in [0.25, 0.3) is 0 Å². The van der Waals surface area contributed by atoms with Crippen LogP contribution < -0.4 is 15.4 Å². The van der Waals surface area contributed by atoms with Crippen molar-refractivity contribution in [1.82, 2.24) is 25.4 Å². The van der Waals surface area contributed by atoms with E-state index in [1.165, 1.54) is 6.33 Å². The first-order valence-electron chi connectivity index (χ1n) is 7.76. The van der Waals surface area contributed by atoms with Gasteiger partial charge in [0.1, 0.15) is 17.9 Å². The Morgan fingerprint density at radius 1 is 1.36 bits per heavy atom. The second-order valence-corrected chi connectivity index (χ2v) is 5.70. The van der Waals surface area contributed by atoms with Gasteiger partial charge in [-0.15, -0.1) is 24.0 Å². The lowest BCUT2D eigenvalue weighted by molar-refractivity contribution is 0.309. The van der Waals surface area contributed by atoms with Gasteiger partial charge in [-0.05, 0) is 37.1 Å². The monoisotopic (exact) mass is 478 g/mol. The average molecular weight is 479 g/mol. The number of rotatable bonds is 7. The lowest BCUT2D eigenvalue weighted by Crippen LogP contribution is -2.38. The first-order chi connectivity index (χ1) is 11.6. The Balaban J connectivity index is 0.00000312. The Kier molecular flexibility index (Phi) is 9.58. The molecule has 0 unspecified atom stereocenters. The van der Waals surface area contributed by atoms with Crippen LogP contribution in [0.5, 0.6) is 5.75 Å². The molecular formula is C16H24ClIN6O. The number of nitrogens with one attached hydrogen (secondary N) is 2. The standard InChI is InChI=1S/C16H23ClN6O.HI/c1-12-9-13(17)5-6-14(12)24-8-4-7-19-16(18-2)20-10-15-21-11-22-23(15)3;/h5-6,9,11H,4,7-8,10H2,1-3H3,(H2,18,19,20);1H. The number of aromatic nitrogens is 3. The van der Waals surface area contributed by atoms with E-state index in [1.54, 1.807) is 11.7 Å². The van der Waals surface area contributed by atoms with Crippen molar-refractivity contribution < 1.29 is 4.74 Å². The summed E-state index contributed by atoms with van der Waals surface area (Å²) < 4.78 is 7.49. The Hall–Kier alpha value is -1.55. The first-order valence-corrected chi connectivity index (χ1v) is 8.14. The van der Waals surface area contributed by atoms with E-state index in [9.17, 15) is 0 Å². The van der Waals surface area contributed by atoms with Crippen LogP contribution in [0.15, 0.2) is 29.5 Å². The van der Waals surface area contributed by atoms with Gasteiger partial charge in [-0.3, -0.25) is 9.67 Å². The third kappa shape index (κ3) is 7.07. The minimum atomic E-state index is 0. The van der Waals surface area contributed by atoms with Crippen molar-refractivity contribution in [3.05, 3.63) is 40.9 Å². The normalized spacial score (nSPS) is 11.0. The van der Waals surface area contributed by atoms with Crippen LogP contribution >= 0.6 is 35.6 Å². The van der Waals surface area contributed by atoms with Crippen LogP contribution in [0.1, 0.15) is 17.8 Å². The van der Waals surface area contributed by atoms with Gasteiger partial charge in [0.15, 0.2) is 5.96 Å². The maximum atomic E-state index is 5.93. The number of ether oxygens (including phenoxy) is 1. The summed E-state index contributed by atoms with van der Waals surface area (Å²) in [5, 5.41) is 11.2. The van der Waals surface area contributed by atoms with Crippen molar-refractivity contribution >= 4 is 41.5 Å². The van der Waals surface area contributed by atoms with Crippen LogP contribution in [0, 0.1) is 6.92 Å². The number of guanidine groups is 1. The molecular weight excluding hydrogens is 455 g/mol. The molecule has 0 aliphatic rings.